The Morgan fingerprint density at radius 1 is 0.867 bits per heavy atom. The Morgan fingerprint density at radius 2 is 1.53 bits per heavy atom. The lowest BCUT2D eigenvalue weighted by atomic mass is 9.89. The molecule has 0 saturated heterocycles. The first-order chi connectivity index (χ1) is 7.34. The Balaban J connectivity index is 1.60. The number of aliphatic hydroxyl groups excluding tert-OH is 1. The largest absolute Gasteiger partial charge is 0.393 e. The Kier molecular flexibility index (Phi) is 4.45. The van der Waals surface area contributed by atoms with E-state index in [0.29, 0.717) is 6.10 Å². The fourth-order valence-electron chi connectivity index (χ4n) is 2.84. The normalized spacial score (nSPS) is 34.2. The van der Waals surface area contributed by atoms with E-state index in [1.54, 1.807) is 0 Å². The Bertz CT molecular complexity index is 167. The molecule has 0 heterocycles. The van der Waals surface area contributed by atoms with E-state index in [1.165, 1.54) is 32.1 Å². The highest BCUT2D eigenvalue weighted by Gasteiger charge is 2.21. The second-order valence-electron chi connectivity index (χ2n) is 5.27. The Morgan fingerprint density at radius 3 is 2.20 bits per heavy atom. The molecule has 2 saturated carbocycles. The minimum Gasteiger partial charge on any atom is -0.393 e. The van der Waals surface area contributed by atoms with Crippen molar-refractivity contribution in [2.24, 2.45) is 5.92 Å². The lowest BCUT2D eigenvalue weighted by Gasteiger charge is -2.28. The van der Waals surface area contributed by atoms with E-state index >= 15 is 0 Å². The molecule has 0 aromatic carbocycles. The van der Waals surface area contributed by atoms with Crippen LogP contribution >= 0.6 is 0 Å². The summed E-state index contributed by atoms with van der Waals surface area (Å²) in [5, 5.41) is 9.39. The van der Waals surface area contributed by atoms with Crippen molar-refractivity contribution in [3.63, 3.8) is 0 Å². The molecule has 0 amide bonds. The molecule has 0 unspecified atom stereocenters. The van der Waals surface area contributed by atoms with Gasteiger partial charge in [0.15, 0.2) is 0 Å². The van der Waals surface area contributed by atoms with Crippen molar-refractivity contribution in [3.8, 4) is 0 Å². The molecule has 0 bridgehead atoms. The maximum atomic E-state index is 9.39. The molecular formula is C13H24O2. The molecule has 0 radical (unpaired) electrons. The number of hydrogen-bond acceptors (Lipinski definition) is 2. The summed E-state index contributed by atoms with van der Waals surface area (Å²) in [5.74, 6) is 0.825. The van der Waals surface area contributed by atoms with Gasteiger partial charge in [0.2, 0.25) is 0 Å². The predicted octanol–water partition coefficient (Wildman–Crippen LogP) is 2.89. The smallest absolute Gasteiger partial charge is 0.0577 e. The molecule has 1 N–H and O–H groups in total. The maximum absolute atomic E-state index is 9.39. The minimum atomic E-state index is -0.0560. The molecule has 2 aliphatic rings. The molecule has 0 aromatic rings. The SMILES string of the molecule is OC1CCC(OCC2CCCCC2)CC1. The molecule has 0 aliphatic heterocycles. The van der Waals surface area contributed by atoms with Gasteiger partial charge in [-0.1, -0.05) is 19.3 Å². The lowest BCUT2D eigenvalue weighted by Crippen LogP contribution is -2.26. The van der Waals surface area contributed by atoms with Crippen LogP contribution in [0.15, 0.2) is 0 Å². The summed E-state index contributed by atoms with van der Waals surface area (Å²) >= 11 is 0. The quantitative estimate of drug-likeness (QED) is 0.779. The van der Waals surface area contributed by atoms with Crippen LogP contribution in [0.2, 0.25) is 0 Å². The zero-order valence-corrected chi connectivity index (χ0v) is 9.66. The van der Waals surface area contributed by atoms with Crippen molar-refractivity contribution in [1.29, 1.82) is 0 Å². The van der Waals surface area contributed by atoms with Crippen molar-refractivity contribution in [2.75, 3.05) is 6.61 Å². The summed E-state index contributed by atoms with van der Waals surface area (Å²) in [6, 6.07) is 0. The summed E-state index contributed by atoms with van der Waals surface area (Å²) in [6.07, 6.45) is 11.4. The van der Waals surface area contributed by atoms with E-state index in [-0.39, 0.29) is 6.10 Å². The van der Waals surface area contributed by atoms with Crippen molar-refractivity contribution in [1.82, 2.24) is 0 Å². The highest BCUT2D eigenvalue weighted by atomic mass is 16.5. The van der Waals surface area contributed by atoms with E-state index in [1.807, 2.05) is 0 Å². The Labute approximate surface area is 93.0 Å². The number of ether oxygens (including phenoxy) is 1. The van der Waals surface area contributed by atoms with Crippen molar-refractivity contribution in [2.45, 2.75) is 70.0 Å². The second-order valence-corrected chi connectivity index (χ2v) is 5.27. The molecule has 15 heavy (non-hydrogen) atoms. The molecular weight excluding hydrogens is 188 g/mol. The van der Waals surface area contributed by atoms with E-state index in [9.17, 15) is 5.11 Å². The number of rotatable bonds is 3. The summed E-state index contributed by atoms with van der Waals surface area (Å²) in [4.78, 5) is 0. The zero-order valence-electron chi connectivity index (χ0n) is 9.66. The van der Waals surface area contributed by atoms with Crippen LogP contribution in [0.5, 0.6) is 0 Å². The van der Waals surface area contributed by atoms with Gasteiger partial charge in [0.05, 0.1) is 12.2 Å². The topological polar surface area (TPSA) is 29.5 Å². The van der Waals surface area contributed by atoms with Gasteiger partial charge < -0.3 is 9.84 Å². The van der Waals surface area contributed by atoms with Crippen LogP contribution < -0.4 is 0 Å². The summed E-state index contributed by atoms with van der Waals surface area (Å²) in [6.45, 7) is 0.973. The average molecular weight is 212 g/mol. The first-order valence-corrected chi connectivity index (χ1v) is 6.64. The van der Waals surface area contributed by atoms with Crippen LogP contribution in [0.1, 0.15) is 57.8 Å². The first kappa shape index (κ1) is 11.4. The van der Waals surface area contributed by atoms with E-state index in [0.717, 1.165) is 38.2 Å². The third-order valence-electron chi connectivity index (χ3n) is 3.94. The van der Waals surface area contributed by atoms with Crippen LogP contribution in [0.4, 0.5) is 0 Å². The van der Waals surface area contributed by atoms with Gasteiger partial charge in [-0.25, -0.2) is 0 Å². The number of aliphatic hydroxyl groups is 1. The fraction of sp³-hybridized carbons (Fsp3) is 1.00. The van der Waals surface area contributed by atoms with Crippen LogP contribution in [0.25, 0.3) is 0 Å². The molecule has 2 rings (SSSR count). The average Bonchev–Trinajstić information content (AvgIpc) is 2.30. The van der Waals surface area contributed by atoms with E-state index < -0.39 is 0 Å². The van der Waals surface area contributed by atoms with Gasteiger partial charge in [-0.3, -0.25) is 0 Å². The molecule has 0 spiro atoms. The van der Waals surface area contributed by atoms with Gasteiger partial charge in [-0.2, -0.15) is 0 Å². The van der Waals surface area contributed by atoms with Crippen LogP contribution in [0, 0.1) is 5.92 Å². The van der Waals surface area contributed by atoms with Gasteiger partial charge in [0.1, 0.15) is 0 Å². The highest BCUT2D eigenvalue weighted by molar-refractivity contribution is 4.73. The van der Waals surface area contributed by atoms with Crippen molar-refractivity contribution >= 4 is 0 Å². The molecule has 2 aliphatic carbocycles. The van der Waals surface area contributed by atoms with Crippen LogP contribution in [-0.4, -0.2) is 23.9 Å². The molecule has 2 fully saturated rings. The monoisotopic (exact) mass is 212 g/mol. The molecule has 88 valence electrons. The standard InChI is InChI=1S/C13H24O2/c14-12-6-8-13(9-7-12)15-10-11-4-2-1-3-5-11/h11-14H,1-10H2. The summed E-state index contributed by atoms with van der Waals surface area (Å²) < 4.78 is 5.96. The maximum Gasteiger partial charge on any atom is 0.0577 e. The molecule has 0 atom stereocenters. The van der Waals surface area contributed by atoms with Gasteiger partial charge in [0, 0.05) is 6.61 Å². The third kappa shape index (κ3) is 3.76. The highest BCUT2D eigenvalue weighted by Crippen LogP contribution is 2.26. The van der Waals surface area contributed by atoms with Crippen molar-refractivity contribution in [3.05, 3.63) is 0 Å². The molecule has 0 aromatic heterocycles. The van der Waals surface area contributed by atoms with Crippen molar-refractivity contribution < 1.29 is 9.84 Å². The second kappa shape index (κ2) is 5.86. The zero-order chi connectivity index (χ0) is 10.5. The van der Waals surface area contributed by atoms with Gasteiger partial charge in [-0.05, 0) is 44.4 Å². The molecule has 2 heteroatoms. The fourth-order valence-corrected chi connectivity index (χ4v) is 2.84. The van der Waals surface area contributed by atoms with Crippen LogP contribution in [0.3, 0.4) is 0 Å². The summed E-state index contributed by atoms with van der Waals surface area (Å²) in [5.41, 5.74) is 0. The minimum absolute atomic E-state index is 0.0560. The van der Waals surface area contributed by atoms with E-state index in [4.69, 9.17) is 4.74 Å². The van der Waals surface area contributed by atoms with E-state index in [2.05, 4.69) is 0 Å². The van der Waals surface area contributed by atoms with Crippen LogP contribution in [-0.2, 0) is 4.74 Å². The Hall–Kier alpha value is -0.0800. The van der Waals surface area contributed by atoms with Gasteiger partial charge >= 0.3 is 0 Å². The first-order valence-electron chi connectivity index (χ1n) is 6.64. The third-order valence-corrected chi connectivity index (χ3v) is 3.94. The summed E-state index contributed by atoms with van der Waals surface area (Å²) in [7, 11) is 0. The predicted molar refractivity (Wildman–Crippen MR) is 60.8 cm³/mol. The number of hydrogen-bond donors (Lipinski definition) is 1. The van der Waals surface area contributed by atoms with Gasteiger partial charge in [0.25, 0.3) is 0 Å². The molecule has 2 nitrogen and oxygen atoms in total. The van der Waals surface area contributed by atoms with Gasteiger partial charge in [-0.15, -0.1) is 0 Å². The lowest BCUT2D eigenvalue weighted by molar-refractivity contribution is -0.0219.